The van der Waals surface area contributed by atoms with E-state index in [1.807, 2.05) is 6.07 Å². The molecule has 0 aromatic heterocycles. The molecular formula is C12H14ClNO3. The second-order valence-corrected chi connectivity index (χ2v) is 4.79. The highest BCUT2D eigenvalue weighted by Crippen LogP contribution is 2.27. The van der Waals surface area contributed by atoms with Crippen LogP contribution in [0.4, 0.5) is 5.69 Å². The molecule has 92 valence electrons. The van der Waals surface area contributed by atoms with Gasteiger partial charge in [0.05, 0.1) is 11.5 Å². The standard InChI is InChI=1S/C12H14ClNO3/c13-11-5-6-17-8-10(11)7-9-3-1-2-4-12(9)14(15)16/h1-4,10-11H,5-8H2. The van der Waals surface area contributed by atoms with Gasteiger partial charge in [-0.15, -0.1) is 11.6 Å². The Labute approximate surface area is 105 Å². The van der Waals surface area contributed by atoms with Gasteiger partial charge in [-0.25, -0.2) is 0 Å². The topological polar surface area (TPSA) is 52.4 Å². The Morgan fingerprint density at radius 3 is 2.94 bits per heavy atom. The van der Waals surface area contributed by atoms with Gasteiger partial charge in [0.1, 0.15) is 0 Å². The molecule has 0 saturated carbocycles. The molecule has 1 aromatic rings. The van der Waals surface area contributed by atoms with E-state index >= 15 is 0 Å². The molecule has 0 radical (unpaired) electrons. The SMILES string of the molecule is O=[N+]([O-])c1ccccc1CC1COCCC1Cl. The molecular weight excluding hydrogens is 242 g/mol. The maximum absolute atomic E-state index is 10.9. The number of para-hydroxylation sites is 1. The molecule has 0 N–H and O–H groups in total. The van der Waals surface area contributed by atoms with Crippen molar-refractivity contribution in [2.75, 3.05) is 13.2 Å². The molecule has 1 aliphatic heterocycles. The number of hydrogen-bond donors (Lipinski definition) is 0. The fraction of sp³-hybridized carbons (Fsp3) is 0.500. The van der Waals surface area contributed by atoms with Gasteiger partial charge in [0.25, 0.3) is 5.69 Å². The van der Waals surface area contributed by atoms with Crippen molar-refractivity contribution in [3.05, 3.63) is 39.9 Å². The molecule has 2 unspecified atom stereocenters. The monoisotopic (exact) mass is 255 g/mol. The summed E-state index contributed by atoms with van der Waals surface area (Å²) in [5.74, 6) is 0.159. The van der Waals surface area contributed by atoms with Crippen LogP contribution in [0.3, 0.4) is 0 Å². The Morgan fingerprint density at radius 1 is 1.47 bits per heavy atom. The van der Waals surface area contributed by atoms with E-state index in [2.05, 4.69) is 0 Å². The number of hydrogen-bond acceptors (Lipinski definition) is 3. The summed E-state index contributed by atoms with van der Waals surface area (Å²) in [6.07, 6.45) is 1.41. The van der Waals surface area contributed by atoms with Gasteiger partial charge in [-0.2, -0.15) is 0 Å². The normalized spacial score (nSPS) is 24.5. The van der Waals surface area contributed by atoms with Gasteiger partial charge in [0.15, 0.2) is 0 Å². The summed E-state index contributed by atoms with van der Waals surface area (Å²) >= 11 is 6.21. The van der Waals surface area contributed by atoms with Crippen molar-refractivity contribution in [2.24, 2.45) is 5.92 Å². The van der Waals surface area contributed by atoms with Crippen molar-refractivity contribution < 1.29 is 9.66 Å². The lowest BCUT2D eigenvalue weighted by Crippen LogP contribution is -2.29. The van der Waals surface area contributed by atoms with Crippen molar-refractivity contribution >= 4 is 17.3 Å². The van der Waals surface area contributed by atoms with Gasteiger partial charge in [-0.3, -0.25) is 10.1 Å². The number of rotatable bonds is 3. The first-order valence-electron chi connectivity index (χ1n) is 5.62. The fourth-order valence-corrected chi connectivity index (χ4v) is 2.35. The van der Waals surface area contributed by atoms with Crippen LogP contribution in [0.2, 0.25) is 0 Å². The quantitative estimate of drug-likeness (QED) is 0.474. The van der Waals surface area contributed by atoms with Crippen molar-refractivity contribution in [2.45, 2.75) is 18.2 Å². The molecule has 1 saturated heterocycles. The molecule has 2 rings (SSSR count). The minimum atomic E-state index is -0.345. The van der Waals surface area contributed by atoms with Crippen molar-refractivity contribution in [3.63, 3.8) is 0 Å². The van der Waals surface area contributed by atoms with Gasteiger partial charge in [-0.1, -0.05) is 18.2 Å². The number of nitro benzene ring substituents is 1. The number of ether oxygens (including phenoxy) is 1. The first-order valence-corrected chi connectivity index (χ1v) is 6.06. The van der Waals surface area contributed by atoms with E-state index in [9.17, 15) is 10.1 Å². The van der Waals surface area contributed by atoms with Crippen LogP contribution < -0.4 is 0 Å². The minimum Gasteiger partial charge on any atom is -0.381 e. The van der Waals surface area contributed by atoms with E-state index in [-0.39, 0.29) is 21.9 Å². The third kappa shape index (κ3) is 2.96. The van der Waals surface area contributed by atoms with Crippen LogP contribution >= 0.6 is 11.6 Å². The third-order valence-electron chi connectivity index (χ3n) is 3.05. The second-order valence-electron chi connectivity index (χ2n) is 4.23. The third-order valence-corrected chi connectivity index (χ3v) is 3.63. The molecule has 0 amide bonds. The predicted octanol–water partition coefficient (Wildman–Crippen LogP) is 2.78. The lowest BCUT2D eigenvalue weighted by Gasteiger charge is -2.27. The zero-order valence-corrected chi connectivity index (χ0v) is 10.1. The van der Waals surface area contributed by atoms with Crippen LogP contribution in [0.5, 0.6) is 0 Å². The van der Waals surface area contributed by atoms with Gasteiger partial charge in [0, 0.05) is 29.5 Å². The van der Waals surface area contributed by atoms with Crippen LogP contribution in [0.15, 0.2) is 24.3 Å². The van der Waals surface area contributed by atoms with Gasteiger partial charge < -0.3 is 4.74 Å². The van der Waals surface area contributed by atoms with Crippen molar-refractivity contribution in [1.82, 2.24) is 0 Å². The zero-order chi connectivity index (χ0) is 12.3. The molecule has 4 nitrogen and oxygen atoms in total. The molecule has 5 heteroatoms. The van der Waals surface area contributed by atoms with Crippen LogP contribution in [-0.2, 0) is 11.2 Å². The summed E-state index contributed by atoms with van der Waals surface area (Å²) in [6, 6.07) is 6.81. The minimum absolute atomic E-state index is 0.0450. The Kier molecular flexibility index (Phi) is 3.97. The van der Waals surface area contributed by atoms with E-state index < -0.39 is 0 Å². The molecule has 17 heavy (non-hydrogen) atoms. The number of alkyl halides is 1. The van der Waals surface area contributed by atoms with E-state index in [0.29, 0.717) is 19.6 Å². The Bertz CT molecular complexity index is 410. The number of benzene rings is 1. The van der Waals surface area contributed by atoms with Gasteiger partial charge >= 0.3 is 0 Å². The average molecular weight is 256 g/mol. The Morgan fingerprint density at radius 2 is 2.24 bits per heavy atom. The van der Waals surface area contributed by atoms with E-state index in [1.54, 1.807) is 12.1 Å². The summed E-state index contributed by atoms with van der Waals surface area (Å²) in [5.41, 5.74) is 0.903. The highest BCUT2D eigenvalue weighted by molar-refractivity contribution is 6.20. The first kappa shape index (κ1) is 12.3. The maximum Gasteiger partial charge on any atom is 0.272 e. The average Bonchev–Trinajstić information content (AvgIpc) is 2.32. The first-order chi connectivity index (χ1) is 8.18. The van der Waals surface area contributed by atoms with E-state index in [1.165, 1.54) is 6.07 Å². The van der Waals surface area contributed by atoms with Crippen molar-refractivity contribution in [3.8, 4) is 0 Å². The van der Waals surface area contributed by atoms with Crippen LogP contribution in [0.1, 0.15) is 12.0 Å². The number of nitro groups is 1. The van der Waals surface area contributed by atoms with Gasteiger partial charge in [0.2, 0.25) is 0 Å². The maximum atomic E-state index is 10.9. The molecule has 1 aromatic carbocycles. The highest BCUT2D eigenvalue weighted by atomic mass is 35.5. The smallest absolute Gasteiger partial charge is 0.272 e. The summed E-state index contributed by atoms with van der Waals surface area (Å²) in [5, 5.41) is 10.9. The molecule has 0 aliphatic carbocycles. The summed E-state index contributed by atoms with van der Waals surface area (Å²) in [7, 11) is 0. The number of nitrogens with zero attached hydrogens (tertiary/aromatic N) is 1. The van der Waals surface area contributed by atoms with Crippen LogP contribution in [0.25, 0.3) is 0 Å². The van der Waals surface area contributed by atoms with Crippen LogP contribution in [0, 0.1) is 16.0 Å². The van der Waals surface area contributed by atoms with E-state index in [4.69, 9.17) is 16.3 Å². The molecule has 1 heterocycles. The van der Waals surface area contributed by atoms with Gasteiger partial charge in [-0.05, 0) is 12.8 Å². The Balaban J connectivity index is 2.14. The predicted molar refractivity (Wildman–Crippen MR) is 65.4 cm³/mol. The second kappa shape index (κ2) is 5.47. The summed E-state index contributed by atoms with van der Waals surface area (Å²) in [4.78, 5) is 10.5. The fourth-order valence-electron chi connectivity index (χ4n) is 2.10. The largest absolute Gasteiger partial charge is 0.381 e. The van der Waals surface area contributed by atoms with Crippen LogP contribution in [-0.4, -0.2) is 23.5 Å². The molecule has 0 bridgehead atoms. The number of halogens is 1. The highest BCUT2D eigenvalue weighted by Gasteiger charge is 2.26. The lowest BCUT2D eigenvalue weighted by molar-refractivity contribution is -0.385. The summed E-state index contributed by atoms with van der Waals surface area (Å²) < 4.78 is 5.37. The van der Waals surface area contributed by atoms with E-state index in [0.717, 1.165) is 12.0 Å². The zero-order valence-electron chi connectivity index (χ0n) is 9.34. The molecule has 1 aliphatic rings. The molecule has 2 atom stereocenters. The lowest BCUT2D eigenvalue weighted by atomic mass is 9.93. The van der Waals surface area contributed by atoms with Crippen molar-refractivity contribution in [1.29, 1.82) is 0 Å². The molecule has 0 spiro atoms. The summed E-state index contributed by atoms with van der Waals surface area (Å²) in [6.45, 7) is 1.27. The molecule has 1 fully saturated rings. The Hall–Kier alpha value is -1.13.